The van der Waals surface area contributed by atoms with Gasteiger partial charge in [0.25, 0.3) is 0 Å². The van der Waals surface area contributed by atoms with Crippen LogP contribution in [0.25, 0.3) is 0 Å². The highest BCUT2D eigenvalue weighted by atomic mass is 35.5. The van der Waals surface area contributed by atoms with Gasteiger partial charge in [-0.25, -0.2) is 0 Å². The summed E-state index contributed by atoms with van der Waals surface area (Å²) in [6.07, 6.45) is -10.1. The van der Waals surface area contributed by atoms with Crippen LogP contribution >= 0.6 is 23.2 Å². The van der Waals surface area contributed by atoms with E-state index in [4.69, 9.17) is 34.3 Å². The normalized spacial score (nSPS) is 13.1. The molecule has 0 saturated carbocycles. The van der Waals surface area contributed by atoms with Crippen molar-refractivity contribution in [3.63, 3.8) is 0 Å². The number of carbonyl (C=O) groups excluding carboxylic acids is 1. The summed E-state index contributed by atoms with van der Waals surface area (Å²) in [5.41, 5.74) is 2.88. The second-order valence-corrected chi connectivity index (χ2v) is 8.00. The summed E-state index contributed by atoms with van der Waals surface area (Å²) >= 11 is 11.9. The molecular weight excluding hydrogens is 481 g/mol. The zero-order valence-electron chi connectivity index (χ0n) is 16.4. The molecule has 3 nitrogen and oxygen atoms in total. The van der Waals surface area contributed by atoms with Crippen LogP contribution in [0.1, 0.15) is 47.4 Å². The summed E-state index contributed by atoms with van der Waals surface area (Å²) < 4.78 is 78.0. The van der Waals surface area contributed by atoms with E-state index in [1.54, 1.807) is 6.07 Å². The third kappa shape index (κ3) is 7.13. The van der Waals surface area contributed by atoms with Crippen LogP contribution in [0.15, 0.2) is 36.4 Å². The molecule has 0 fully saturated rings. The predicted octanol–water partition coefficient (Wildman–Crippen LogP) is 7.03. The minimum atomic E-state index is -4.93. The van der Waals surface area contributed by atoms with Crippen molar-refractivity contribution in [1.29, 1.82) is 5.41 Å². The van der Waals surface area contributed by atoms with Gasteiger partial charge in [0.2, 0.25) is 5.91 Å². The van der Waals surface area contributed by atoms with Gasteiger partial charge in [0.1, 0.15) is 0 Å². The van der Waals surface area contributed by atoms with Crippen LogP contribution < -0.4 is 5.73 Å². The lowest BCUT2D eigenvalue weighted by Gasteiger charge is -2.18. The van der Waals surface area contributed by atoms with Gasteiger partial charge in [-0.3, -0.25) is 4.79 Å². The number of hydrogen-bond donors (Lipinski definition) is 2. The molecule has 0 aliphatic carbocycles. The van der Waals surface area contributed by atoms with E-state index in [0.717, 1.165) is 0 Å². The molecule has 11 heteroatoms. The highest BCUT2D eigenvalue weighted by Crippen LogP contribution is 2.37. The highest BCUT2D eigenvalue weighted by molar-refractivity contribution is 6.42. The number of nitrogens with one attached hydrogen (secondary N) is 1. The molecular formula is C21H18Cl2F6N2O. The first-order chi connectivity index (χ1) is 14.7. The van der Waals surface area contributed by atoms with Gasteiger partial charge in [-0.05, 0) is 60.7 Å². The summed E-state index contributed by atoms with van der Waals surface area (Å²) in [4.78, 5) is 11.5. The number of carbonyl (C=O) groups is 1. The number of benzene rings is 2. The first-order valence-corrected chi connectivity index (χ1v) is 10.0. The average molecular weight is 499 g/mol. The Labute approximate surface area is 190 Å². The average Bonchev–Trinajstić information content (AvgIpc) is 2.66. The molecule has 0 saturated heterocycles. The molecule has 0 aliphatic rings. The third-order valence-corrected chi connectivity index (χ3v) is 5.47. The molecule has 2 aromatic rings. The van der Waals surface area contributed by atoms with E-state index in [-0.39, 0.29) is 53.1 Å². The minimum absolute atomic E-state index is 0.0236. The van der Waals surface area contributed by atoms with Crippen molar-refractivity contribution < 1.29 is 31.1 Å². The lowest BCUT2D eigenvalue weighted by Crippen LogP contribution is -2.21. The van der Waals surface area contributed by atoms with Gasteiger partial charge in [0.15, 0.2) is 0 Å². The van der Waals surface area contributed by atoms with Crippen LogP contribution in [-0.2, 0) is 23.6 Å². The van der Waals surface area contributed by atoms with E-state index in [1.807, 2.05) is 0 Å². The van der Waals surface area contributed by atoms with Crippen molar-refractivity contribution in [1.82, 2.24) is 0 Å². The second-order valence-electron chi connectivity index (χ2n) is 7.19. The summed E-state index contributed by atoms with van der Waals surface area (Å²) in [6, 6.07) is 5.94. The monoisotopic (exact) mass is 498 g/mol. The lowest BCUT2D eigenvalue weighted by molar-refractivity contribution is -0.143. The number of hydrogen-bond acceptors (Lipinski definition) is 2. The third-order valence-electron chi connectivity index (χ3n) is 4.73. The number of alkyl halides is 6. The number of nitrogens with two attached hydrogens (primary N) is 1. The fourth-order valence-corrected chi connectivity index (χ4v) is 3.50. The SMILES string of the molecule is N=C(CCCc1cc(C(F)(F)F)cc(C(F)(F)F)c1)C(CC(N)=O)c1ccc(Cl)c(Cl)c1. The van der Waals surface area contributed by atoms with Gasteiger partial charge in [-0.2, -0.15) is 26.3 Å². The van der Waals surface area contributed by atoms with Crippen molar-refractivity contribution in [3.05, 3.63) is 68.7 Å². The maximum absolute atomic E-state index is 13.0. The number of aryl methyl sites for hydroxylation is 1. The van der Waals surface area contributed by atoms with Crippen LogP contribution in [0.3, 0.4) is 0 Å². The van der Waals surface area contributed by atoms with Crippen molar-refractivity contribution in [2.75, 3.05) is 0 Å². The number of halogens is 8. The van der Waals surface area contributed by atoms with Crippen molar-refractivity contribution >= 4 is 34.8 Å². The van der Waals surface area contributed by atoms with Gasteiger partial charge in [-0.15, -0.1) is 0 Å². The molecule has 2 rings (SSSR count). The van der Waals surface area contributed by atoms with E-state index in [1.165, 1.54) is 12.1 Å². The van der Waals surface area contributed by atoms with Gasteiger partial charge in [0, 0.05) is 18.1 Å². The molecule has 32 heavy (non-hydrogen) atoms. The molecule has 1 atom stereocenters. The van der Waals surface area contributed by atoms with E-state index in [9.17, 15) is 31.1 Å². The summed E-state index contributed by atoms with van der Waals surface area (Å²) in [5.74, 6) is -1.42. The molecule has 0 spiro atoms. The van der Waals surface area contributed by atoms with Crippen LogP contribution in [-0.4, -0.2) is 11.6 Å². The quantitative estimate of drug-likeness (QED) is 0.297. The van der Waals surface area contributed by atoms with Crippen molar-refractivity contribution in [2.24, 2.45) is 5.73 Å². The van der Waals surface area contributed by atoms with Crippen molar-refractivity contribution in [2.45, 2.75) is 44.0 Å². The number of primary amides is 1. The molecule has 0 radical (unpaired) electrons. The van der Waals surface area contributed by atoms with Crippen molar-refractivity contribution in [3.8, 4) is 0 Å². The molecule has 174 valence electrons. The Kier molecular flexibility index (Phi) is 8.22. The second kappa shape index (κ2) is 10.1. The van der Waals surface area contributed by atoms with E-state index in [0.29, 0.717) is 17.7 Å². The molecule has 1 unspecified atom stereocenters. The van der Waals surface area contributed by atoms with Gasteiger partial charge in [-0.1, -0.05) is 29.3 Å². The molecule has 0 aliphatic heterocycles. The molecule has 0 aromatic heterocycles. The summed E-state index contributed by atoms with van der Waals surface area (Å²) in [5, 5.41) is 8.78. The smallest absolute Gasteiger partial charge is 0.370 e. The van der Waals surface area contributed by atoms with Crippen LogP contribution in [0.2, 0.25) is 10.0 Å². The van der Waals surface area contributed by atoms with E-state index in [2.05, 4.69) is 0 Å². The van der Waals surface area contributed by atoms with Crippen LogP contribution in [0, 0.1) is 5.41 Å². The van der Waals surface area contributed by atoms with Crippen LogP contribution in [0.5, 0.6) is 0 Å². The standard InChI is InChI=1S/C21H18Cl2F6N2O/c22-16-5-4-12(8-17(16)23)15(10-19(31)32)18(30)3-1-2-11-6-13(20(24,25)26)9-14(7-11)21(27,28)29/h4-9,15,30H,1-3,10H2,(H2,31,32). The molecule has 0 heterocycles. The van der Waals surface area contributed by atoms with E-state index < -0.39 is 35.3 Å². The first kappa shape index (κ1) is 26.0. The van der Waals surface area contributed by atoms with Crippen LogP contribution in [0.4, 0.5) is 26.3 Å². The Hall–Kier alpha value is -2.26. The maximum atomic E-state index is 13.0. The first-order valence-electron chi connectivity index (χ1n) is 9.27. The Morgan fingerprint density at radius 2 is 1.50 bits per heavy atom. The fraction of sp³-hybridized carbons (Fsp3) is 0.333. The predicted molar refractivity (Wildman–Crippen MR) is 110 cm³/mol. The largest absolute Gasteiger partial charge is 0.416 e. The molecule has 3 N–H and O–H groups in total. The molecule has 0 bridgehead atoms. The summed E-state index contributed by atoms with van der Waals surface area (Å²) in [7, 11) is 0. The number of amides is 1. The number of rotatable bonds is 8. The maximum Gasteiger partial charge on any atom is 0.416 e. The highest BCUT2D eigenvalue weighted by Gasteiger charge is 2.36. The fourth-order valence-electron chi connectivity index (χ4n) is 3.19. The Balaban J connectivity index is 2.19. The zero-order chi connectivity index (χ0) is 24.3. The molecule has 1 amide bonds. The van der Waals surface area contributed by atoms with E-state index >= 15 is 0 Å². The minimum Gasteiger partial charge on any atom is -0.370 e. The Bertz CT molecular complexity index is 973. The zero-order valence-corrected chi connectivity index (χ0v) is 17.9. The topological polar surface area (TPSA) is 66.9 Å². The summed E-state index contributed by atoms with van der Waals surface area (Å²) in [6.45, 7) is 0. The molecule has 2 aromatic carbocycles. The Morgan fingerprint density at radius 1 is 0.938 bits per heavy atom. The van der Waals surface area contributed by atoms with Gasteiger partial charge >= 0.3 is 12.4 Å². The Morgan fingerprint density at radius 3 is 1.97 bits per heavy atom. The van der Waals surface area contributed by atoms with Gasteiger partial charge in [0.05, 0.1) is 21.2 Å². The van der Waals surface area contributed by atoms with Gasteiger partial charge < -0.3 is 11.1 Å². The lowest BCUT2D eigenvalue weighted by atomic mass is 9.87.